The lowest BCUT2D eigenvalue weighted by Gasteiger charge is -2.18. The zero-order valence-corrected chi connectivity index (χ0v) is 10.6. The minimum atomic E-state index is 0.0315. The van der Waals surface area contributed by atoms with E-state index in [-0.39, 0.29) is 11.9 Å². The van der Waals surface area contributed by atoms with E-state index >= 15 is 0 Å². The van der Waals surface area contributed by atoms with Crippen molar-refractivity contribution in [1.29, 1.82) is 0 Å². The predicted molar refractivity (Wildman–Crippen MR) is 68.7 cm³/mol. The van der Waals surface area contributed by atoms with Crippen LogP contribution in [0.4, 0.5) is 0 Å². The number of rotatable bonds is 4. The molecular formula is C14H20N2O. The Morgan fingerprint density at radius 1 is 1.41 bits per heavy atom. The van der Waals surface area contributed by atoms with Gasteiger partial charge in [0.15, 0.2) is 0 Å². The summed E-state index contributed by atoms with van der Waals surface area (Å²) in [6.45, 7) is 6.60. The van der Waals surface area contributed by atoms with E-state index < -0.39 is 0 Å². The molecule has 1 N–H and O–H groups in total. The fraction of sp³-hybridized carbons (Fsp3) is 0.500. The molecule has 3 nitrogen and oxygen atoms in total. The molecule has 1 aromatic rings. The summed E-state index contributed by atoms with van der Waals surface area (Å²) in [4.78, 5) is 14.0. The van der Waals surface area contributed by atoms with Crippen molar-refractivity contribution in [1.82, 2.24) is 10.2 Å². The Labute approximate surface area is 103 Å². The molecule has 1 aliphatic heterocycles. The van der Waals surface area contributed by atoms with Crippen molar-refractivity contribution in [2.24, 2.45) is 0 Å². The lowest BCUT2D eigenvalue weighted by molar-refractivity contribution is -0.129. The number of aryl methyl sites for hydroxylation is 1. The molecule has 17 heavy (non-hydrogen) atoms. The summed E-state index contributed by atoms with van der Waals surface area (Å²) in [5.74, 6) is 0.245. The van der Waals surface area contributed by atoms with Gasteiger partial charge in [-0.05, 0) is 31.0 Å². The first kappa shape index (κ1) is 12.1. The highest BCUT2D eigenvalue weighted by atomic mass is 16.2. The molecule has 1 aromatic carbocycles. The molecule has 1 unspecified atom stereocenters. The maximum Gasteiger partial charge on any atom is 0.240 e. The topological polar surface area (TPSA) is 32.3 Å². The predicted octanol–water partition coefficient (Wildman–Crippen LogP) is 1.71. The van der Waals surface area contributed by atoms with Crippen molar-refractivity contribution in [3.8, 4) is 0 Å². The number of amides is 1. The number of likely N-dealkylation sites (tertiary alicyclic amines) is 1. The zero-order chi connectivity index (χ0) is 12.3. The van der Waals surface area contributed by atoms with Gasteiger partial charge in [-0.25, -0.2) is 0 Å². The van der Waals surface area contributed by atoms with Gasteiger partial charge in [-0.2, -0.15) is 0 Å². The van der Waals surface area contributed by atoms with E-state index in [9.17, 15) is 4.79 Å². The summed E-state index contributed by atoms with van der Waals surface area (Å²) in [7, 11) is 0. The van der Waals surface area contributed by atoms with E-state index in [1.54, 1.807) is 0 Å². The minimum absolute atomic E-state index is 0.0315. The minimum Gasteiger partial charge on any atom is -0.337 e. The molecule has 1 aliphatic rings. The van der Waals surface area contributed by atoms with Gasteiger partial charge in [0.1, 0.15) is 0 Å². The van der Waals surface area contributed by atoms with Crippen molar-refractivity contribution in [2.75, 3.05) is 13.1 Å². The lowest BCUT2D eigenvalue weighted by Crippen LogP contribution is -2.37. The molecular weight excluding hydrogens is 212 g/mol. The number of nitrogens with one attached hydrogen (secondary N) is 1. The number of carbonyl (C=O) groups is 1. The first-order valence-electron chi connectivity index (χ1n) is 6.29. The Morgan fingerprint density at radius 2 is 2.18 bits per heavy atom. The van der Waals surface area contributed by atoms with Crippen molar-refractivity contribution in [3.63, 3.8) is 0 Å². The molecule has 0 spiro atoms. The number of hydrogen-bond donors (Lipinski definition) is 1. The Balaban J connectivity index is 2.02. The second-order valence-electron chi connectivity index (χ2n) is 4.59. The van der Waals surface area contributed by atoms with E-state index in [1.807, 2.05) is 24.0 Å². The molecule has 0 aromatic heterocycles. The van der Waals surface area contributed by atoms with Crippen LogP contribution in [0.2, 0.25) is 0 Å². The summed E-state index contributed by atoms with van der Waals surface area (Å²) in [6, 6.07) is 8.29. The van der Waals surface area contributed by atoms with Gasteiger partial charge < -0.3 is 10.2 Å². The third-order valence-electron chi connectivity index (χ3n) is 3.37. The SMILES string of the molecule is CCNC1CCN(Cc2ccccc2C)C1=O. The zero-order valence-electron chi connectivity index (χ0n) is 10.6. The Morgan fingerprint density at radius 3 is 2.88 bits per heavy atom. The maximum absolute atomic E-state index is 12.1. The van der Waals surface area contributed by atoms with Crippen LogP contribution in [-0.4, -0.2) is 29.9 Å². The highest BCUT2D eigenvalue weighted by Gasteiger charge is 2.30. The molecule has 0 aliphatic carbocycles. The van der Waals surface area contributed by atoms with Gasteiger partial charge in [0.05, 0.1) is 6.04 Å². The van der Waals surface area contributed by atoms with E-state index in [0.717, 1.165) is 26.1 Å². The first-order chi connectivity index (χ1) is 8.22. The fourth-order valence-electron chi connectivity index (χ4n) is 2.32. The second-order valence-corrected chi connectivity index (χ2v) is 4.59. The second kappa shape index (κ2) is 5.32. The molecule has 0 saturated carbocycles. The van der Waals surface area contributed by atoms with Gasteiger partial charge in [-0.3, -0.25) is 4.79 Å². The lowest BCUT2D eigenvalue weighted by atomic mass is 10.1. The highest BCUT2D eigenvalue weighted by Crippen LogP contribution is 2.17. The van der Waals surface area contributed by atoms with Gasteiger partial charge in [-0.15, -0.1) is 0 Å². The Kier molecular flexibility index (Phi) is 3.79. The summed E-state index contributed by atoms with van der Waals surface area (Å²) >= 11 is 0. The van der Waals surface area contributed by atoms with Crippen LogP contribution in [0.5, 0.6) is 0 Å². The number of nitrogens with zero attached hydrogens (tertiary/aromatic N) is 1. The molecule has 1 atom stereocenters. The third kappa shape index (κ3) is 2.67. The molecule has 1 saturated heterocycles. The van der Waals surface area contributed by atoms with Gasteiger partial charge in [-0.1, -0.05) is 31.2 Å². The van der Waals surface area contributed by atoms with E-state index in [4.69, 9.17) is 0 Å². The van der Waals surface area contributed by atoms with Crippen LogP contribution in [0, 0.1) is 6.92 Å². The molecule has 1 heterocycles. The first-order valence-corrected chi connectivity index (χ1v) is 6.29. The van der Waals surface area contributed by atoms with Crippen LogP contribution < -0.4 is 5.32 Å². The molecule has 0 radical (unpaired) electrons. The van der Waals surface area contributed by atoms with Crippen LogP contribution >= 0.6 is 0 Å². The fourth-order valence-corrected chi connectivity index (χ4v) is 2.32. The number of likely N-dealkylation sites (N-methyl/N-ethyl adjacent to an activating group) is 1. The van der Waals surface area contributed by atoms with E-state index in [0.29, 0.717) is 0 Å². The van der Waals surface area contributed by atoms with Gasteiger partial charge in [0.2, 0.25) is 5.91 Å². The number of benzene rings is 1. The Bertz CT molecular complexity index is 403. The van der Waals surface area contributed by atoms with Crippen LogP contribution in [0.1, 0.15) is 24.5 Å². The van der Waals surface area contributed by atoms with Gasteiger partial charge >= 0.3 is 0 Å². The molecule has 2 rings (SSSR count). The number of carbonyl (C=O) groups excluding carboxylic acids is 1. The van der Waals surface area contributed by atoms with E-state index in [2.05, 4.69) is 24.4 Å². The van der Waals surface area contributed by atoms with Crippen LogP contribution in [0.15, 0.2) is 24.3 Å². The van der Waals surface area contributed by atoms with Crippen molar-refractivity contribution < 1.29 is 4.79 Å². The normalized spacial score (nSPS) is 20.0. The smallest absolute Gasteiger partial charge is 0.240 e. The van der Waals surface area contributed by atoms with Crippen LogP contribution in [0.3, 0.4) is 0 Å². The number of hydrogen-bond acceptors (Lipinski definition) is 2. The average Bonchev–Trinajstić information content (AvgIpc) is 2.65. The maximum atomic E-state index is 12.1. The van der Waals surface area contributed by atoms with Crippen molar-refractivity contribution in [2.45, 2.75) is 32.9 Å². The van der Waals surface area contributed by atoms with Crippen molar-refractivity contribution >= 4 is 5.91 Å². The largest absolute Gasteiger partial charge is 0.337 e. The average molecular weight is 232 g/mol. The third-order valence-corrected chi connectivity index (χ3v) is 3.37. The summed E-state index contributed by atoms with van der Waals surface area (Å²) in [6.07, 6.45) is 0.929. The summed E-state index contributed by atoms with van der Waals surface area (Å²) in [5, 5.41) is 3.23. The van der Waals surface area contributed by atoms with Crippen molar-refractivity contribution in [3.05, 3.63) is 35.4 Å². The highest BCUT2D eigenvalue weighted by molar-refractivity contribution is 5.83. The van der Waals surface area contributed by atoms with Gasteiger partial charge in [0.25, 0.3) is 0 Å². The van der Waals surface area contributed by atoms with Crippen LogP contribution in [0.25, 0.3) is 0 Å². The van der Waals surface area contributed by atoms with Gasteiger partial charge in [0, 0.05) is 13.1 Å². The van der Waals surface area contributed by atoms with Crippen LogP contribution in [-0.2, 0) is 11.3 Å². The molecule has 3 heteroatoms. The monoisotopic (exact) mass is 232 g/mol. The Hall–Kier alpha value is -1.35. The molecule has 92 valence electrons. The molecule has 1 amide bonds. The summed E-state index contributed by atoms with van der Waals surface area (Å²) in [5.41, 5.74) is 2.50. The quantitative estimate of drug-likeness (QED) is 0.857. The molecule has 0 bridgehead atoms. The standard InChI is InChI=1S/C14H20N2O/c1-3-15-13-8-9-16(14(13)17)10-12-7-5-4-6-11(12)2/h4-7,13,15H,3,8-10H2,1-2H3. The van der Waals surface area contributed by atoms with E-state index in [1.165, 1.54) is 11.1 Å². The summed E-state index contributed by atoms with van der Waals surface area (Å²) < 4.78 is 0. The molecule has 1 fully saturated rings.